The van der Waals surface area contributed by atoms with Crippen molar-refractivity contribution in [2.24, 2.45) is 5.34 Å². The smallest absolute Gasteiger partial charge is 0.152 e. The zero-order chi connectivity index (χ0) is 2.71. The van der Waals surface area contributed by atoms with E-state index < -0.39 is 0 Å². The fraction of sp³-hybridized carbons (Fsp3) is 0. The Morgan fingerprint density at radius 3 is 0.800 bits per heavy atom. The van der Waals surface area contributed by atoms with Gasteiger partial charge in [0.2, 0.25) is 0 Å². The van der Waals surface area contributed by atoms with E-state index in [0.717, 1.165) is 0 Å². The molecule has 10 heavy (non-hydrogen) atoms. The van der Waals surface area contributed by atoms with Crippen LogP contribution in [0.3, 0.4) is 0 Å². The number of hydrogen-bond acceptors (Lipinski definition) is 2. The van der Waals surface area contributed by atoms with E-state index in [-0.39, 0.29) is 52.3 Å². The normalized spacial score (nSPS) is 1.20. The van der Waals surface area contributed by atoms with Crippen LogP contribution < -0.4 is 0 Å². The van der Waals surface area contributed by atoms with Crippen LogP contribution in [0.5, 0.6) is 0 Å². The summed E-state index contributed by atoms with van der Waals surface area (Å²) in [5.74, 6) is 0. The molecule has 0 unspecified atom stereocenters. The Kier molecular flexibility index (Phi) is 20600. The summed E-state index contributed by atoms with van der Waals surface area (Å²) in [5.41, 5.74) is 0. The van der Waals surface area contributed by atoms with Crippen molar-refractivity contribution in [3.63, 3.8) is 0 Å². The van der Waals surface area contributed by atoms with Gasteiger partial charge in [-0.25, -0.2) is 0 Å². The fourth-order valence-corrected chi connectivity index (χ4v) is 0. The van der Waals surface area contributed by atoms with Crippen LogP contribution in [0.4, 0.5) is 0 Å². The van der Waals surface area contributed by atoms with Gasteiger partial charge in [0.1, 0.15) is 0 Å². The molecule has 0 atom stereocenters. The van der Waals surface area contributed by atoms with E-state index in [1.807, 2.05) is 0 Å². The SMILES string of the molecule is O.O.O.O.O.O.O=NO.[Zn]. The van der Waals surface area contributed by atoms with E-state index in [9.17, 15) is 0 Å². The van der Waals surface area contributed by atoms with E-state index in [0.29, 0.717) is 0 Å². The topological polar surface area (TPSA) is 239 Å². The standard InChI is InChI=1S/HNO2.6H2O.Zn/c2-1-3;;;;;;;/h(H,2,3);6*1H2;. The maximum absolute atomic E-state index is 8.11. The van der Waals surface area contributed by atoms with Crippen LogP contribution in [0.25, 0.3) is 0 Å². The average Bonchev–Trinajstić information content (AvgIpc) is 0.918. The van der Waals surface area contributed by atoms with Crippen molar-refractivity contribution in [2.45, 2.75) is 0 Å². The van der Waals surface area contributed by atoms with E-state index >= 15 is 0 Å². The van der Waals surface area contributed by atoms with Gasteiger partial charge in [-0.3, -0.25) is 0 Å². The zero-order valence-corrected chi connectivity index (χ0v) is 7.98. The molecule has 0 aliphatic rings. The summed E-state index contributed by atoms with van der Waals surface area (Å²) in [6.07, 6.45) is 0. The molecule has 0 saturated heterocycles. The maximum atomic E-state index is 8.11. The van der Waals surface area contributed by atoms with Gasteiger partial charge in [-0.15, -0.1) is 4.91 Å². The van der Waals surface area contributed by atoms with Crippen molar-refractivity contribution in [3.8, 4) is 0 Å². The Hall–Kier alpha value is -0.217. The van der Waals surface area contributed by atoms with Crippen LogP contribution in [0, 0.1) is 4.91 Å². The second kappa shape index (κ2) is 867. The molecule has 0 aromatic heterocycles. The van der Waals surface area contributed by atoms with E-state index in [2.05, 4.69) is 0 Å². The third-order valence-corrected chi connectivity index (χ3v) is 0. The second-order valence-electron chi connectivity index (χ2n) is 0.0816. The predicted octanol–water partition coefficient (Wildman–Crippen LogP) is -4.81. The Labute approximate surface area is 68.6 Å². The minimum atomic E-state index is 0. The maximum Gasteiger partial charge on any atom is 0.152 e. The molecule has 0 fully saturated rings. The van der Waals surface area contributed by atoms with Gasteiger partial charge < -0.3 is 38.1 Å². The van der Waals surface area contributed by atoms with E-state index in [4.69, 9.17) is 10.1 Å². The molecule has 0 aromatic rings. The van der Waals surface area contributed by atoms with Crippen molar-refractivity contribution < 1.29 is 57.5 Å². The van der Waals surface area contributed by atoms with Gasteiger partial charge in [0.25, 0.3) is 0 Å². The molecule has 0 aliphatic heterocycles. The largest absolute Gasteiger partial charge is 0.412 e. The third kappa shape index (κ3) is 7630. The van der Waals surface area contributed by atoms with Crippen LogP contribution in [0.2, 0.25) is 0 Å². The molecular weight excluding hydrogens is 207 g/mol. The molecule has 68 valence electrons. The molecule has 0 amide bonds. The van der Waals surface area contributed by atoms with E-state index in [1.54, 1.807) is 0 Å². The molecule has 0 radical (unpaired) electrons. The summed E-state index contributed by atoms with van der Waals surface area (Å²) in [7, 11) is 0. The summed E-state index contributed by atoms with van der Waals surface area (Å²) in [6.45, 7) is 0. The van der Waals surface area contributed by atoms with Crippen molar-refractivity contribution in [3.05, 3.63) is 4.91 Å². The van der Waals surface area contributed by atoms with Gasteiger partial charge in [-0.1, -0.05) is 0 Å². The summed E-state index contributed by atoms with van der Waals surface area (Å²) < 4.78 is 0. The fourth-order valence-electron chi connectivity index (χ4n) is 0. The first kappa shape index (κ1) is 237. The summed E-state index contributed by atoms with van der Waals surface area (Å²) in [5, 5.41) is 7.89. The van der Waals surface area contributed by atoms with Gasteiger partial charge in [0.05, 0.1) is 0 Å². The number of hydrogen-bond donors (Lipinski definition) is 1. The number of rotatable bonds is 0. The Bertz CT molecular complexity index is 16.7. The van der Waals surface area contributed by atoms with Gasteiger partial charge in [-0.2, -0.15) is 0 Å². The first-order valence-corrected chi connectivity index (χ1v) is 0.383. The first-order valence-electron chi connectivity index (χ1n) is 0.383. The van der Waals surface area contributed by atoms with E-state index in [1.165, 1.54) is 5.34 Å². The van der Waals surface area contributed by atoms with Crippen LogP contribution in [0.1, 0.15) is 0 Å². The molecule has 0 bridgehead atoms. The molecule has 10 heteroatoms. The third-order valence-electron chi connectivity index (χ3n) is 0. The van der Waals surface area contributed by atoms with Crippen molar-refractivity contribution in [1.29, 1.82) is 0 Å². The minimum Gasteiger partial charge on any atom is -0.412 e. The van der Waals surface area contributed by atoms with Crippen LogP contribution >= 0.6 is 0 Å². The predicted molar refractivity (Wildman–Crippen MR) is 29.3 cm³/mol. The van der Waals surface area contributed by atoms with Crippen LogP contribution in [-0.2, 0) is 19.5 Å². The summed E-state index contributed by atoms with van der Waals surface area (Å²) >= 11 is 0. The first-order chi connectivity index (χ1) is 1.41. The monoisotopic (exact) mass is 219 g/mol. The van der Waals surface area contributed by atoms with Gasteiger partial charge in [0, 0.05) is 19.5 Å². The molecule has 9 nitrogen and oxygen atoms in total. The average molecular weight is 220 g/mol. The van der Waals surface area contributed by atoms with Gasteiger partial charge in [0.15, 0.2) is 5.34 Å². The quantitative estimate of drug-likeness (QED) is 0.240. The molecule has 13 N–H and O–H groups in total. The van der Waals surface area contributed by atoms with Gasteiger partial charge in [-0.05, 0) is 0 Å². The second-order valence-corrected chi connectivity index (χ2v) is 0.0816. The van der Waals surface area contributed by atoms with Crippen LogP contribution in [0.15, 0.2) is 5.34 Å². The summed E-state index contributed by atoms with van der Waals surface area (Å²) in [6, 6.07) is 0. The molecule has 0 spiro atoms. The van der Waals surface area contributed by atoms with Crippen molar-refractivity contribution in [2.75, 3.05) is 0 Å². The molecule has 0 saturated carbocycles. The van der Waals surface area contributed by atoms with Gasteiger partial charge >= 0.3 is 0 Å². The van der Waals surface area contributed by atoms with Crippen molar-refractivity contribution in [1.82, 2.24) is 0 Å². The van der Waals surface area contributed by atoms with Crippen LogP contribution in [-0.4, -0.2) is 38.1 Å². The molecule has 0 aromatic carbocycles. The Balaban J connectivity index is -0.000000000952. The molecule has 0 rings (SSSR count). The zero-order valence-electron chi connectivity index (χ0n) is 5.01. The van der Waals surface area contributed by atoms with Crippen molar-refractivity contribution >= 4 is 0 Å². The molecule has 0 heterocycles. The Morgan fingerprint density at radius 1 is 0.800 bits per heavy atom. The number of nitrogens with zero attached hydrogens (tertiary/aromatic N) is 1. The molecular formula is H13NO8Zn. The summed E-state index contributed by atoms with van der Waals surface area (Å²) in [4.78, 5) is 8.11. The molecule has 0 aliphatic carbocycles. The Morgan fingerprint density at radius 2 is 0.800 bits per heavy atom. The minimum absolute atomic E-state index is 0.